The average molecular weight is 438 g/mol. The normalized spacial score (nSPS) is 18.8. The monoisotopic (exact) mass is 437 g/mol. The summed E-state index contributed by atoms with van der Waals surface area (Å²) in [5.41, 5.74) is 9.92. The number of carbonyl (C=O) groups excluding carboxylic acids is 1. The molecule has 1 heterocycles. The average Bonchev–Trinajstić information content (AvgIpc) is 3.23. The van der Waals surface area contributed by atoms with Crippen molar-refractivity contribution in [2.45, 2.75) is 92.6 Å². The van der Waals surface area contributed by atoms with E-state index in [4.69, 9.17) is 4.74 Å². The number of benzene rings is 2. The molecular formula is C29H43NO2. The van der Waals surface area contributed by atoms with Crippen molar-refractivity contribution in [1.29, 1.82) is 0 Å². The van der Waals surface area contributed by atoms with E-state index < -0.39 is 0 Å². The number of anilines is 1. The highest BCUT2D eigenvalue weighted by molar-refractivity contribution is 5.80. The zero-order chi connectivity index (χ0) is 23.5. The summed E-state index contributed by atoms with van der Waals surface area (Å²) in [7, 11) is 0. The van der Waals surface area contributed by atoms with E-state index in [2.05, 4.69) is 77.2 Å². The number of nitrogens with one attached hydrogen (secondary N) is 1. The SMILES string of the molecule is CC1CCCC(OC=O)C1.CCC.CCc1c(C)cc2c(c1-c1ccc(C)cc1)CCN2. The largest absolute Gasteiger partial charge is 0.465 e. The maximum atomic E-state index is 9.96. The molecule has 0 saturated heterocycles. The minimum absolute atomic E-state index is 0.209. The van der Waals surface area contributed by atoms with E-state index in [1.54, 1.807) is 0 Å². The molecular weight excluding hydrogens is 394 g/mol. The summed E-state index contributed by atoms with van der Waals surface area (Å²) in [6.45, 7) is 14.7. The fraction of sp³-hybridized carbons (Fsp3) is 0.552. The van der Waals surface area contributed by atoms with Gasteiger partial charge in [-0.25, -0.2) is 0 Å². The molecule has 32 heavy (non-hydrogen) atoms. The summed E-state index contributed by atoms with van der Waals surface area (Å²) in [4.78, 5) is 9.96. The Kier molecular flexibility index (Phi) is 10.8. The molecule has 1 N–H and O–H groups in total. The summed E-state index contributed by atoms with van der Waals surface area (Å²) in [5, 5.41) is 3.51. The standard InChI is InChI=1S/C18H21N.C8H14O2.C3H8/c1-4-15-13(3)11-17-16(9-10-19-17)18(15)14-7-5-12(2)6-8-14;1-7-3-2-4-8(5-7)10-6-9;1-3-2/h5-8,11,19H,4,9-10H2,1-3H3;6-8H,2-5H2,1H3;3H2,1-2H3. The van der Waals surface area contributed by atoms with Crippen LogP contribution < -0.4 is 5.32 Å². The first-order valence-corrected chi connectivity index (χ1v) is 12.5. The summed E-state index contributed by atoms with van der Waals surface area (Å²) in [5.74, 6) is 0.735. The zero-order valence-corrected chi connectivity index (χ0v) is 21.1. The van der Waals surface area contributed by atoms with Gasteiger partial charge in [-0.1, -0.05) is 70.4 Å². The van der Waals surface area contributed by atoms with Crippen molar-refractivity contribution in [3.05, 3.63) is 52.6 Å². The minimum atomic E-state index is 0.209. The van der Waals surface area contributed by atoms with Crippen LogP contribution in [-0.2, 0) is 22.4 Å². The van der Waals surface area contributed by atoms with Crippen LogP contribution in [0.1, 0.15) is 82.1 Å². The van der Waals surface area contributed by atoms with Crippen LogP contribution in [0.4, 0.5) is 5.69 Å². The predicted octanol–water partition coefficient (Wildman–Crippen LogP) is 7.66. The lowest BCUT2D eigenvalue weighted by Gasteiger charge is -2.24. The van der Waals surface area contributed by atoms with Gasteiger partial charge in [-0.15, -0.1) is 0 Å². The number of carbonyl (C=O) groups is 1. The van der Waals surface area contributed by atoms with E-state index in [0.717, 1.165) is 38.1 Å². The first-order chi connectivity index (χ1) is 15.4. The molecule has 4 rings (SSSR count). The molecule has 2 aromatic rings. The van der Waals surface area contributed by atoms with Gasteiger partial charge in [0.2, 0.25) is 0 Å². The van der Waals surface area contributed by atoms with E-state index in [9.17, 15) is 4.79 Å². The molecule has 0 amide bonds. The first-order valence-electron chi connectivity index (χ1n) is 12.5. The van der Waals surface area contributed by atoms with E-state index >= 15 is 0 Å². The van der Waals surface area contributed by atoms with Crippen molar-refractivity contribution >= 4 is 12.2 Å². The van der Waals surface area contributed by atoms with Gasteiger partial charge in [0.25, 0.3) is 6.47 Å². The van der Waals surface area contributed by atoms with Crippen molar-refractivity contribution in [3.63, 3.8) is 0 Å². The van der Waals surface area contributed by atoms with Crippen LogP contribution in [0.3, 0.4) is 0 Å². The Morgan fingerprint density at radius 3 is 2.38 bits per heavy atom. The van der Waals surface area contributed by atoms with Gasteiger partial charge < -0.3 is 10.1 Å². The number of hydrogen-bond donors (Lipinski definition) is 1. The highest BCUT2D eigenvalue weighted by atomic mass is 16.5. The second-order valence-electron chi connectivity index (χ2n) is 9.30. The molecule has 0 bridgehead atoms. The molecule has 0 aromatic heterocycles. The Bertz CT molecular complexity index is 837. The van der Waals surface area contributed by atoms with E-state index in [0.29, 0.717) is 6.47 Å². The molecule has 1 fully saturated rings. The Morgan fingerprint density at radius 1 is 1.09 bits per heavy atom. The van der Waals surface area contributed by atoms with Gasteiger partial charge in [0, 0.05) is 12.2 Å². The quantitative estimate of drug-likeness (QED) is 0.499. The molecule has 3 nitrogen and oxygen atoms in total. The highest BCUT2D eigenvalue weighted by Crippen LogP contribution is 2.38. The van der Waals surface area contributed by atoms with Gasteiger partial charge in [-0.3, -0.25) is 4.79 Å². The van der Waals surface area contributed by atoms with E-state index in [1.165, 1.54) is 58.3 Å². The lowest BCUT2D eigenvalue weighted by molar-refractivity contribution is -0.135. The van der Waals surface area contributed by atoms with Crippen LogP contribution in [0.15, 0.2) is 30.3 Å². The number of ether oxygens (including phenoxy) is 1. The number of fused-ring (bicyclic) bond motifs is 1. The second kappa shape index (κ2) is 13.3. The van der Waals surface area contributed by atoms with Crippen LogP contribution in [0.2, 0.25) is 0 Å². The third-order valence-corrected chi connectivity index (χ3v) is 6.29. The number of hydrogen-bond acceptors (Lipinski definition) is 3. The van der Waals surface area contributed by atoms with E-state index in [-0.39, 0.29) is 6.10 Å². The van der Waals surface area contributed by atoms with Crippen molar-refractivity contribution < 1.29 is 9.53 Å². The van der Waals surface area contributed by atoms with Gasteiger partial charge in [-0.05, 0) is 85.8 Å². The Labute approximate surface area is 196 Å². The lowest BCUT2D eigenvalue weighted by Crippen LogP contribution is -2.20. The third-order valence-electron chi connectivity index (χ3n) is 6.29. The van der Waals surface area contributed by atoms with Gasteiger partial charge in [-0.2, -0.15) is 0 Å². The minimum Gasteiger partial charge on any atom is -0.465 e. The second-order valence-corrected chi connectivity index (χ2v) is 9.30. The molecule has 2 atom stereocenters. The summed E-state index contributed by atoms with van der Waals surface area (Å²) >= 11 is 0. The van der Waals surface area contributed by atoms with Crippen molar-refractivity contribution in [2.75, 3.05) is 11.9 Å². The molecule has 3 heteroatoms. The number of aryl methyl sites for hydroxylation is 2. The molecule has 1 saturated carbocycles. The van der Waals surface area contributed by atoms with Crippen molar-refractivity contribution in [3.8, 4) is 11.1 Å². The van der Waals surface area contributed by atoms with Crippen LogP contribution in [0, 0.1) is 19.8 Å². The lowest BCUT2D eigenvalue weighted by atomic mass is 9.88. The summed E-state index contributed by atoms with van der Waals surface area (Å²) < 4.78 is 4.87. The molecule has 2 aromatic carbocycles. The molecule has 2 unspecified atom stereocenters. The molecule has 1 aliphatic heterocycles. The van der Waals surface area contributed by atoms with Crippen molar-refractivity contribution in [1.82, 2.24) is 0 Å². The maximum Gasteiger partial charge on any atom is 0.293 e. The number of rotatable bonds is 4. The van der Waals surface area contributed by atoms with Crippen LogP contribution in [0.25, 0.3) is 11.1 Å². The van der Waals surface area contributed by atoms with Gasteiger partial charge in [0.15, 0.2) is 0 Å². The summed E-state index contributed by atoms with van der Waals surface area (Å²) in [6.07, 6.45) is 8.32. The third kappa shape index (κ3) is 7.12. The van der Waals surface area contributed by atoms with Gasteiger partial charge in [0.05, 0.1) is 0 Å². The van der Waals surface area contributed by atoms with Crippen LogP contribution >= 0.6 is 0 Å². The Hall–Kier alpha value is -2.29. The molecule has 1 aliphatic carbocycles. The first kappa shape index (κ1) is 26.0. The molecule has 2 aliphatic rings. The molecule has 176 valence electrons. The van der Waals surface area contributed by atoms with Gasteiger partial charge in [0.1, 0.15) is 6.10 Å². The smallest absolute Gasteiger partial charge is 0.293 e. The van der Waals surface area contributed by atoms with E-state index in [1.807, 2.05) is 0 Å². The summed E-state index contributed by atoms with van der Waals surface area (Å²) in [6, 6.07) is 11.3. The zero-order valence-electron chi connectivity index (χ0n) is 21.1. The molecule has 0 spiro atoms. The van der Waals surface area contributed by atoms with Crippen LogP contribution in [0.5, 0.6) is 0 Å². The molecule has 0 radical (unpaired) electrons. The Morgan fingerprint density at radius 2 is 1.78 bits per heavy atom. The van der Waals surface area contributed by atoms with Gasteiger partial charge >= 0.3 is 0 Å². The fourth-order valence-corrected chi connectivity index (χ4v) is 4.75. The highest BCUT2D eigenvalue weighted by Gasteiger charge is 2.20. The van der Waals surface area contributed by atoms with Crippen LogP contribution in [-0.4, -0.2) is 19.1 Å². The fourth-order valence-electron chi connectivity index (χ4n) is 4.75. The Balaban J connectivity index is 0.000000235. The maximum absolute atomic E-state index is 9.96. The topological polar surface area (TPSA) is 38.3 Å². The predicted molar refractivity (Wildman–Crippen MR) is 137 cm³/mol. The van der Waals surface area contributed by atoms with Crippen molar-refractivity contribution in [2.24, 2.45) is 5.92 Å².